The maximum atomic E-state index is 12.1. The molecule has 0 amide bonds. The van der Waals surface area contributed by atoms with E-state index in [4.69, 9.17) is 13.9 Å². The number of nitro benzene ring substituents is 1. The van der Waals surface area contributed by atoms with Gasteiger partial charge in [-0.3, -0.25) is 10.1 Å². The van der Waals surface area contributed by atoms with Crippen LogP contribution >= 0.6 is 0 Å². The van der Waals surface area contributed by atoms with Gasteiger partial charge in [0.2, 0.25) is 5.76 Å². The van der Waals surface area contributed by atoms with Crippen molar-refractivity contribution in [2.24, 2.45) is 0 Å². The summed E-state index contributed by atoms with van der Waals surface area (Å²) < 4.78 is 15.7. The maximum absolute atomic E-state index is 12.1. The molecule has 2 aromatic carbocycles. The molecule has 0 aliphatic rings. The molecular weight excluding hydrogens is 326 g/mol. The summed E-state index contributed by atoms with van der Waals surface area (Å²) in [7, 11) is 1.55. The zero-order valence-electron chi connectivity index (χ0n) is 13.2. The van der Waals surface area contributed by atoms with E-state index in [9.17, 15) is 14.9 Å². The molecule has 0 saturated heterocycles. The van der Waals surface area contributed by atoms with Crippen LogP contribution in [0.25, 0.3) is 11.3 Å². The summed E-state index contributed by atoms with van der Waals surface area (Å²) in [6.07, 6.45) is 0. The van der Waals surface area contributed by atoms with Gasteiger partial charge >= 0.3 is 5.97 Å². The lowest BCUT2D eigenvalue weighted by Gasteiger charge is -2.03. The normalized spacial score (nSPS) is 10.3. The van der Waals surface area contributed by atoms with Gasteiger partial charge in [-0.25, -0.2) is 4.79 Å². The Morgan fingerprint density at radius 1 is 0.960 bits per heavy atom. The zero-order chi connectivity index (χ0) is 17.8. The minimum absolute atomic E-state index is 0.0190. The van der Waals surface area contributed by atoms with Crippen LogP contribution in [0, 0.1) is 10.1 Å². The molecule has 0 bridgehead atoms. The number of benzene rings is 2. The van der Waals surface area contributed by atoms with Gasteiger partial charge < -0.3 is 13.9 Å². The smallest absolute Gasteiger partial charge is 0.379 e. The molecule has 0 saturated carbocycles. The number of nitrogens with zero attached hydrogens (tertiary/aromatic N) is 1. The molecule has 0 N–H and O–H groups in total. The average Bonchev–Trinajstić information content (AvgIpc) is 3.13. The highest BCUT2D eigenvalue weighted by Crippen LogP contribution is 2.25. The monoisotopic (exact) mass is 339 g/mol. The largest absolute Gasteiger partial charge is 0.497 e. The third-order valence-corrected chi connectivity index (χ3v) is 3.44. The molecule has 126 valence electrons. The van der Waals surface area contributed by atoms with Gasteiger partial charge in [-0.15, -0.1) is 0 Å². The van der Waals surface area contributed by atoms with Crippen molar-refractivity contribution >= 4 is 11.7 Å². The molecule has 0 fully saturated rings. The molecule has 0 unspecified atom stereocenters. The van der Waals surface area contributed by atoms with Gasteiger partial charge in [-0.2, -0.15) is 0 Å². The van der Waals surface area contributed by atoms with E-state index in [1.807, 2.05) is 0 Å². The molecule has 7 heteroatoms. The summed E-state index contributed by atoms with van der Waals surface area (Å²) in [6.45, 7) is 0. The molecule has 0 atom stereocenters. The summed E-state index contributed by atoms with van der Waals surface area (Å²) in [5.74, 6) is 0.816. The van der Waals surface area contributed by atoms with Crippen LogP contribution in [0.3, 0.4) is 0 Å². The molecule has 0 aliphatic carbocycles. The van der Waals surface area contributed by atoms with Gasteiger partial charge in [0.05, 0.1) is 12.0 Å². The first-order valence-corrected chi connectivity index (χ1v) is 7.28. The predicted octanol–water partition coefficient (Wildman–Crippen LogP) is 4.08. The second kappa shape index (κ2) is 6.88. The van der Waals surface area contributed by atoms with Crippen LogP contribution in [-0.2, 0) is 0 Å². The Balaban J connectivity index is 1.73. The summed E-state index contributed by atoms with van der Waals surface area (Å²) in [4.78, 5) is 22.3. The molecule has 1 heterocycles. The van der Waals surface area contributed by atoms with Gasteiger partial charge in [0, 0.05) is 17.7 Å². The van der Waals surface area contributed by atoms with Gasteiger partial charge in [0.15, 0.2) is 0 Å². The molecule has 3 aromatic rings. The molecular formula is C18H13NO6. The Kier molecular flexibility index (Phi) is 4.47. The van der Waals surface area contributed by atoms with Crippen molar-refractivity contribution in [3.63, 3.8) is 0 Å². The van der Waals surface area contributed by atoms with Crippen LogP contribution in [-0.4, -0.2) is 18.0 Å². The number of furan rings is 1. The second-order valence-electron chi connectivity index (χ2n) is 5.03. The lowest BCUT2D eigenvalue weighted by Crippen LogP contribution is -2.06. The van der Waals surface area contributed by atoms with E-state index in [-0.39, 0.29) is 11.4 Å². The maximum Gasteiger partial charge on any atom is 0.379 e. The van der Waals surface area contributed by atoms with Gasteiger partial charge in [-0.1, -0.05) is 0 Å². The van der Waals surface area contributed by atoms with E-state index in [1.54, 1.807) is 49.6 Å². The van der Waals surface area contributed by atoms with Crippen molar-refractivity contribution in [2.45, 2.75) is 0 Å². The minimum atomic E-state index is -0.640. The molecule has 7 nitrogen and oxygen atoms in total. The van der Waals surface area contributed by atoms with Gasteiger partial charge in [0.1, 0.15) is 17.3 Å². The lowest BCUT2D eigenvalue weighted by molar-refractivity contribution is -0.384. The summed E-state index contributed by atoms with van der Waals surface area (Å²) in [5, 5.41) is 10.7. The number of ether oxygens (including phenoxy) is 2. The molecule has 0 spiro atoms. The summed E-state index contributed by atoms with van der Waals surface area (Å²) >= 11 is 0. The lowest BCUT2D eigenvalue weighted by atomic mass is 10.1. The SMILES string of the molecule is COc1ccc(OC(=O)c2ccc(-c3ccc([N+](=O)[O-])cc3)o2)cc1. The van der Waals surface area contributed by atoms with Crippen LogP contribution in [0.4, 0.5) is 5.69 Å². The van der Waals surface area contributed by atoms with E-state index in [0.29, 0.717) is 22.8 Å². The Morgan fingerprint density at radius 3 is 2.20 bits per heavy atom. The third kappa shape index (κ3) is 3.66. The highest BCUT2D eigenvalue weighted by molar-refractivity contribution is 5.88. The zero-order valence-corrected chi connectivity index (χ0v) is 13.2. The van der Waals surface area contributed by atoms with Crippen molar-refractivity contribution in [1.82, 2.24) is 0 Å². The molecule has 25 heavy (non-hydrogen) atoms. The van der Waals surface area contributed by atoms with Gasteiger partial charge in [0.25, 0.3) is 5.69 Å². The third-order valence-electron chi connectivity index (χ3n) is 3.44. The number of carbonyl (C=O) groups is 1. The number of carbonyl (C=O) groups excluding carboxylic acids is 1. The fourth-order valence-electron chi connectivity index (χ4n) is 2.15. The molecule has 0 aliphatic heterocycles. The van der Waals surface area contributed by atoms with Crippen molar-refractivity contribution in [2.75, 3.05) is 7.11 Å². The van der Waals surface area contributed by atoms with E-state index in [1.165, 1.54) is 18.2 Å². The quantitative estimate of drug-likeness (QED) is 0.301. The first-order valence-electron chi connectivity index (χ1n) is 7.28. The Bertz CT molecular complexity index is 896. The Labute approximate surface area is 142 Å². The average molecular weight is 339 g/mol. The van der Waals surface area contributed by atoms with Crippen LogP contribution < -0.4 is 9.47 Å². The van der Waals surface area contributed by atoms with Crippen LogP contribution in [0.15, 0.2) is 65.1 Å². The number of hydrogen-bond donors (Lipinski definition) is 0. The minimum Gasteiger partial charge on any atom is -0.497 e. The summed E-state index contributed by atoms with van der Waals surface area (Å²) in [5.41, 5.74) is 0.601. The fraction of sp³-hybridized carbons (Fsp3) is 0.0556. The number of methoxy groups -OCH3 is 1. The van der Waals surface area contributed by atoms with Crippen LogP contribution in [0.1, 0.15) is 10.6 Å². The van der Waals surface area contributed by atoms with Crippen molar-refractivity contribution in [3.05, 3.63) is 76.5 Å². The van der Waals surface area contributed by atoms with E-state index in [0.717, 1.165) is 0 Å². The van der Waals surface area contributed by atoms with Gasteiger partial charge in [-0.05, 0) is 48.5 Å². The fourth-order valence-corrected chi connectivity index (χ4v) is 2.15. The van der Waals surface area contributed by atoms with Crippen LogP contribution in [0.2, 0.25) is 0 Å². The Morgan fingerprint density at radius 2 is 1.60 bits per heavy atom. The molecule has 1 aromatic heterocycles. The topological polar surface area (TPSA) is 91.8 Å². The number of esters is 1. The van der Waals surface area contributed by atoms with E-state index < -0.39 is 10.9 Å². The number of non-ortho nitro benzene ring substituents is 1. The highest BCUT2D eigenvalue weighted by atomic mass is 16.6. The number of rotatable bonds is 5. The second-order valence-corrected chi connectivity index (χ2v) is 5.03. The van der Waals surface area contributed by atoms with Crippen molar-refractivity contribution in [1.29, 1.82) is 0 Å². The highest BCUT2D eigenvalue weighted by Gasteiger charge is 2.15. The standard InChI is InChI=1S/C18H13NO6/c1-23-14-6-8-15(9-7-14)24-18(20)17-11-10-16(25-17)12-2-4-13(5-3-12)19(21)22/h2-11H,1H3. The van der Waals surface area contributed by atoms with E-state index in [2.05, 4.69) is 0 Å². The molecule has 3 rings (SSSR count). The molecule has 0 radical (unpaired) electrons. The van der Waals surface area contributed by atoms with E-state index >= 15 is 0 Å². The first kappa shape index (κ1) is 16.3. The van der Waals surface area contributed by atoms with Crippen LogP contribution in [0.5, 0.6) is 11.5 Å². The first-order chi connectivity index (χ1) is 12.1. The Hall–Kier alpha value is -3.61. The number of hydrogen-bond acceptors (Lipinski definition) is 6. The van der Waals surface area contributed by atoms with Crippen molar-refractivity contribution < 1.29 is 23.6 Å². The predicted molar refractivity (Wildman–Crippen MR) is 88.8 cm³/mol. The number of nitro groups is 1. The summed E-state index contributed by atoms with van der Waals surface area (Å²) in [6, 6.07) is 15.5. The van der Waals surface area contributed by atoms with Crippen molar-refractivity contribution in [3.8, 4) is 22.8 Å².